The predicted octanol–water partition coefficient (Wildman–Crippen LogP) is 10.6. The minimum atomic E-state index is -1.06. The van der Waals surface area contributed by atoms with Crippen LogP contribution in [-0.4, -0.2) is 11.7 Å². The van der Waals surface area contributed by atoms with Gasteiger partial charge < -0.3 is 9.84 Å². The zero-order chi connectivity index (χ0) is 32.2. The average molecular weight is 631 g/mol. The third kappa shape index (κ3) is 6.96. The standard InChI is InChI=1S/C37H40F6O2/c1-3-30(44)29-18-17-27(34(40)36(29)42)22-8-5-21(6-9-22)7-10-25-15-16-26(33(39)32(25)38)23-11-13-24(14-12-23)28-19-20-31(45-4-2)37(43)35(28)41/h8,15-21,23-24,30,44H,3-7,9-14H2,1-2H3. The maximum absolute atomic E-state index is 15.3. The summed E-state index contributed by atoms with van der Waals surface area (Å²) in [5.41, 5.74) is 1.80. The number of aryl methyl sites for hydroxylation is 1. The van der Waals surface area contributed by atoms with E-state index in [0.29, 0.717) is 73.6 Å². The van der Waals surface area contributed by atoms with E-state index in [-0.39, 0.29) is 47.7 Å². The number of rotatable bonds is 10. The minimum absolute atomic E-state index is 0.0445. The number of allylic oxidation sites excluding steroid dienone is 2. The van der Waals surface area contributed by atoms with Crippen molar-refractivity contribution in [3.63, 3.8) is 0 Å². The van der Waals surface area contributed by atoms with Gasteiger partial charge in [-0.05, 0) is 117 Å². The summed E-state index contributed by atoms with van der Waals surface area (Å²) in [4.78, 5) is 0. The van der Waals surface area contributed by atoms with Gasteiger partial charge in [0.05, 0.1) is 12.7 Å². The lowest BCUT2D eigenvalue weighted by Gasteiger charge is -2.30. The number of aliphatic hydroxyl groups excluding tert-OH is 1. The highest BCUT2D eigenvalue weighted by Crippen LogP contribution is 2.43. The van der Waals surface area contributed by atoms with Gasteiger partial charge in [-0.3, -0.25) is 0 Å². The van der Waals surface area contributed by atoms with Gasteiger partial charge in [-0.1, -0.05) is 43.3 Å². The molecule has 2 aliphatic rings. The van der Waals surface area contributed by atoms with E-state index in [9.17, 15) is 22.7 Å². The first-order chi connectivity index (χ1) is 21.6. The van der Waals surface area contributed by atoms with E-state index in [1.54, 1.807) is 32.0 Å². The van der Waals surface area contributed by atoms with Gasteiger partial charge in [-0.15, -0.1) is 0 Å². The summed E-state index contributed by atoms with van der Waals surface area (Å²) < 4.78 is 94.1. The molecule has 2 aliphatic carbocycles. The van der Waals surface area contributed by atoms with Crippen LogP contribution in [0.4, 0.5) is 26.3 Å². The highest BCUT2D eigenvalue weighted by molar-refractivity contribution is 5.67. The smallest absolute Gasteiger partial charge is 0.200 e. The van der Waals surface area contributed by atoms with Crippen LogP contribution in [-0.2, 0) is 6.42 Å². The van der Waals surface area contributed by atoms with E-state index in [0.717, 1.165) is 6.42 Å². The van der Waals surface area contributed by atoms with Crippen molar-refractivity contribution in [2.45, 2.75) is 96.0 Å². The second kappa shape index (κ2) is 14.4. The third-order valence-corrected chi connectivity index (χ3v) is 9.72. The zero-order valence-electron chi connectivity index (χ0n) is 25.8. The Kier molecular flexibility index (Phi) is 10.6. The van der Waals surface area contributed by atoms with E-state index >= 15 is 8.78 Å². The van der Waals surface area contributed by atoms with Gasteiger partial charge in [0.1, 0.15) is 0 Å². The van der Waals surface area contributed by atoms with Crippen molar-refractivity contribution in [1.29, 1.82) is 0 Å². The van der Waals surface area contributed by atoms with Gasteiger partial charge in [0.15, 0.2) is 34.8 Å². The molecule has 1 N–H and O–H groups in total. The van der Waals surface area contributed by atoms with Crippen molar-refractivity contribution in [1.82, 2.24) is 0 Å². The largest absolute Gasteiger partial charge is 0.491 e. The Labute approximate surface area is 261 Å². The molecule has 0 spiro atoms. The van der Waals surface area contributed by atoms with Gasteiger partial charge in [0, 0.05) is 11.1 Å². The van der Waals surface area contributed by atoms with Gasteiger partial charge >= 0.3 is 0 Å². The molecule has 0 radical (unpaired) electrons. The normalized spacial score (nSPS) is 21.0. The highest BCUT2D eigenvalue weighted by Gasteiger charge is 2.30. The molecule has 2 unspecified atom stereocenters. The Morgan fingerprint density at radius 2 is 1.38 bits per heavy atom. The topological polar surface area (TPSA) is 29.5 Å². The SMILES string of the molecule is CCOc1ccc(C2CCC(c3ccc(CCC4CC=C(c5ccc(C(O)CC)c(F)c5F)CC4)c(F)c3F)CC2)c(F)c1F. The Morgan fingerprint density at radius 3 is 1.98 bits per heavy atom. The fourth-order valence-corrected chi connectivity index (χ4v) is 7.00. The van der Waals surface area contributed by atoms with Crippen molar-refractivity contribution in [3.05, 3.63) is 105 Å². The van der Waals surface area contributed by atoms with Crippen LogP contribution in [0, 0.1) is 40.8 Å². The molecule has 3 aromatic carbocycles. The molecular formula is C37H40F6O2. The van der Waals surface area contributed by atoms with Crippen LogP contribution in [0.3, 0.4) is 0 Å². The van der Waals surface area contributed by atoms with Gasteiger partial charge in [-0.2, -0.15) is 4.39 Å². The molecule has 242 valence electrons. The van der Waals surface area contributed by atoms with E-state index in [2.05, 4.69) is 0 Å². The Morgan fingerprint density at radius 1 is 0.733 bits per heavy atom. The molecule has 8 heteroatoms. The monoisotopic (exact) mass is 630 g/mol. The molecule has 3 aromatic rings. The number of hydrogen-bond acceptors (Lipinski definition) is 2. The van der Waals surface area contributed by atoms with Gasteiger partial charge in [-0.25, -0.2) is 22.0 Å². The summed E-state index contributed by atoms with van der Waals surface area (Å²) >= 11 is 0. The van der Waals surface area contributed by atoms with Crippen LogP contribution in [0.2, 0.25) is 0 Å². The average Bonchev–Trinajstić information content (AvgIpc) is 3.05. The van der Waals surface area contributed by atoms with Crippen LogP contribution in [0.1, 0.15) is 117 Å². The number of halogens is 6. The van der Waals surface area contributed by atoms with Crippen LogP contribution in [0.15, 0.2) is 42.5 Å². The zero-order valence-corrected chi connectivity index (χ0v) is 25.8. The molecule has 0 aromatic heterocycles. The molecule has 0 heterocycles. The molecule has 0 aliphatic heterocycles. The van der Waals surface area contributed by atoms with Crippen LogP contribution in [0.5, 0.6) is 5.75 Å². The van der Waals surface area contributed by atoms with Gasteiger partial charge in [0.25, 0.3) is 0 Å². The first-order valence-electron chi connectivity index (χ1n) is 16.1. The maximum Gasteiger partial charge on any atom is 0.200 e. The Balaban J connectivity index is 1.17. The quantitative estimate of drug-likeness (QED) is 0.226. The number of hydrogen-bond donors (Lipinski definition) is 1. The Bertz CT molecular complexity index is 1540. The van der Waals surface area contributed by atoms with Crippen molar-refractivity contribution >= 4 is 5.57 Å². The predicted molar refractivity (Wildman–Crippen MR) is 163 cm³/mol. The molecule has 2 atom stereocenters. The van der Waals surface area contributed by atoms with E-state index < -0.39 is 41.0 Å². The van der Waals surface area contributed by atoms with Crippen LogP contribution in [0.25, 0.3) is 5.57 Å². The summed E-state index contributed by atoms with van der Waals surface area (Å²) in [6.45, 7) is 3.62. The van der Waals surface area contributed by atoms with Crippen molar-refractivity contribution in [3.8, 4) is 5.75 Å². The van der Waals surface area contributed by atoms with Gasteiger partial charge in [0.2, 0.25) is 5.82 Å². The summed E-state index contributed by atoms with van der Waals surface area (Å²) in [5, 5.41) is 9.93. The van der Waals surface area contributed by atoms with Crippen molar-refractivity contribution in [2.24, 2.45) is 5.92 Å². The molecule has 5 rings (SSSR count). The number of benzene rings is 3. The lowest BCUT2D eigenvalue weighted by Crippen LogP contribution is -2.16. The van der Waals surface area contributed by atoms with E-state index in [4.69, 9.17) is 4.74 Å². The molecule has 0 bridgehead atoms. The van der Waals surface area contributed by atoms with E-state index in [1.807, 2.05) is 6.08 Å². The first-order valence-corrected chi connectivity index (χ1v) is 16.1. The summed E-state index contributed by atoms with van der Waals surface area (Å²) in [7, 11) is 0. The fourth-order valence-electron chi connectivity index (χ4n) is 7.00. The van der Waals surface area contributed by atoms with E-state index in [1.165, 1.54) is 18.2 Å². The molecule has 0 saturated heterocycles. The molecule has 2 nitrogen and oxygen atoms in total. The van der Waals surface area contributed by atoms with Crippen LogP contribution >= 0.6 is 0 Å². The Hall–Kier alpha value is -3.26. The molecule has 45 heavy (non-hydrogen) atoms. The fraction of sp³-hybridized carbons (Fsp3) is 0.459. The third-order valence-electron chi connectivity index (χ3n) is 9.72. The summed E-state index contributed by atoms with van der Waals surface area (Å²) in [5.74, 6) is -5.86. The minimum Gasteiger partial charge on any atom is -0.491 e. The lowest BCUT2D eigenvalue weighted by atomic mass is 9.75. The second-order valence-electron chi connectivity index (χ2n) is 12.4. The molecule has 1 fully saturated rings. The molecule has 1 saturated carbocycles. The highest BCUT2D eigenvalue weighted by atomic mass is 19.2. The number of ether oxygens (including phenoxy) is 1. The number of aliphatic hydroxyl groups is 1. The van der Waals surface area contributed by atoms with Crippen molar-refractivity contribution < 1.29 is 36.2 Å². The summed E-state index contributed by atoms with van der Waals surface area (Å²) in [6.07, 6.45) is 6.16. The van der Waals surface area contributed by atoms with Crippen molar-refractivity contribution in [2.75, 3.05) is 6.61 Å². The second-order valence-corrected chi connectivity index (χ2v) is 12.4. The summed E-state index contributed by atoms with van der Waals surface area (Å²) in [6, 6.07) is 9.26. The molecular weight excluding hydrogens is 590 g/mol. The first kappa shape index (κ1) is 33.1. The van der Waals surface area contributed by atoms with Crippen LogP contribution < -0.4 is 4.74 Å². The maximum atomic E-state index is 15.3. The lowest BCUT2D eigenvalue weighted by molar-refractivity contribution is 0.167. The molecule has 0 amide bonds.